The second-order valence-electron chi connectivity index (χ2n) is 6.64. The molecule has 1 N–H and O–H groups in total. The van der Waals surface area contributed by atoms with E-state index in [4.69, 9.17) is 11.6 Å². The van der Waals surface area contributed by atoms with Gasteiger partial charge in [0.05, 0.1) is 6.54 Å². The van der Waals surface area contributed by atoms with Gasteiger partial charge >= 0.3 is 0 Å². The molecule has 1 amide bonds. The predicted octanol–water partition coefficient (Wildman–Crippen LogP) is 3.22. The van der Waals surface area contributed by atoms with Crippen LogP contribution in [-0.4, -0.2) is 40.9 Å². The molecule has 0 saturated heterocycles. The normalized spacial score (nSPS) is 11.9. The molecule has 2 aromatic carbocycles. The van der Waals surface area contributed by atoms with Crippen LogP contribution in [-0.2, 0) is 11.3 Å². The highest BCUT2D eigenvalue weighted by Crippen LogP contribution is 2.19. The van der Waals surface area contributed by atoms with E-state index in [0.29, 0.717) is 29.5 Å². The molecule has 0 radical (unpaired) electrons. The molecule has 0 saturated carbocycles. The molecule has 0 aliphatic rings. The van der Waals surface area contributed by atoms with Gasteiger partial charge in [0.15, 0.2) is 6.04 Å². The molecular weight excluding hydrogens is 404 g/mol. The Kier molecular flexibility index (Phi) is 5.80. The second-order valence-corrected chi connectivity index (χ2v) is 7.08. The topological polar surface area (TPSA) is 103 Å². The third kappa shape index (κ3) is 4.52. The van der Waals surface area contributed by atoms with E-state index in [2.05, 4.69) is 30.8 Å². The van der Waals surface area contributed by atoms with E-state index in [1.54, 1.807) is 23.1 Å². The van der Waals surface area contributed by atoms with Gasteiger partial charge in [0, 0.05) is 16.3 Å². The van der Waals surface area contributed by atoms with Gasteiger partial charge in [-0.25, -0.2) is 9.67 Å². The average molecular weight is 423 g/mol. The fraction of sp³-hybridized carbons (Fsp3) is 0.200. The zero-order valence-electron chi connectivity index (χ0n) is 16.2. The molecule has 0 fully saturated rings. The van der Waals surface area contributed by atoms with E-state index in [1.165, 1.54) is 11.1 Å². The number of hydrogen-bond acceptors (Lipinski definition) is 6. The fourth-order valence-electron chi connectivity index (χ4n) is 2.95. The maximum Gasteiger partial charge on any atom is 0.251 e. The van der Waals surface area contributed by atoms with E-state index in [1.807, 2.05) is 43.3 Å². The number of benzene rings is 2. The summed E-state index contributed by atoms with van der Waals surface area (Å²) in [5, 5.41) is 20.1. The number of carbonyl (C=O) groups is 1. The van der Waals surface area contributed by atoms with Gasteiger partial charge in [-0.05, 0) is 53.6 Å². The van der Waals surface area contributed by atoms with Crippen molar-refractivity contribution >= 4 is 23.2 Å². The Bertz CT molecular complexity index is 1110. The first-order valence-electron chi connectivity index (χ1n) is 9.40. The van der Waals surface area contributed by atoms with Gasteiger partial charge in [0.1, 0.15) is 12.7 Å². The van der Waals surface area contributed by atoms with E-state index in [-0.39, 0.29) is 5.91 Å². The Balaban J connectivity index is 1.43. The number of anilines is 1. The Labute approximate surface area is 177 Å². The van der Waals surface area contributed by atoms with Gasteiger partial charge in [-0.3, -0.25) is 4.79 Å². The van der Waals surface area contributed by atoms with Crippen LogP contribution in [0.5, 0.6) is 0 Å². The number of halogens is 1. The molecule has 0 bridgehead atoms. The number of amides is 1. The van der Waals surface area contributed by atoms with Gasteiger partial charge in [-0.1, -0.05) is 30.7 Å². The Hall–Kier alpha value is -3.59. The summed E-state index contributed by atoms with van der Waals surface area (Å²) in [4.78, 5) is 18.1. The molecule has 2 heterocycles. The van der Waals surface area contributed by atoms with E-state index < -0.39 is 6.04 Å². The van der Waals surface area contributed by atoms with Gasteiger partial charge in [0.25, 0.3) is 5.91 Å². The smallest absolute Gasteiger partial charge is 0.251 e. The number of tetrazole rings is 1. The largest absolute Gasteiger partial charge is 0.324 e. The molecule has 4 aromatic rings. The van der Waals surface area contributed by atoms with Crippen LogP contribution < -0.4 is 5.32 Å². The number of rotatable bonds is 7. The highest BCUT2D eigenvalue weighted by atomic mass is 35.5. The van der Waals surface area contributed by atoms with Gasteiger partial charge in [-0.2, -0.15) is 9.90 Å². The van der Waals surface area contributed by atoms with Crippen molar-refractivity contribution in [1.29, 1.82) is 0 Å². The second kappa shape index (κ2) is 8.83. The fourth-order valence-corrected chi connectivity index (χ4v) is 3.07. The van der Waals surface area contributed by atoms with Gasteiger partial charge < -0.3 is 5.32 Å². The summed E-state index contributed by atoms with van der Waals surface area (Å²) in [5.74, 6) is 0.233. The summed E-state index contributed by atoms with van der Waals surface area (Å²) in [6.07, 6.45) is 3.67. The van der Waals surface area contributed by atoms with Crippen molar-refractivity contribution in [1.82, 2.24) is 35.0 Å². The molecule has 152 valence electrons. The SMILES string of the molecule is CCC(C(=O)Nc1ccc(Cn2cncn2)cc1)n1nnc(-c2ccc(Cl)cc2)n1. The molecule has 9 nitrogen and oxygen atoms in total. The molecule has 0 aliphatic heterocycles. The maximum atomic E-state index is 12.8. The van der Waals surface area contributed by atoms with Crippen molar-refractivity contribution in [2.75, 3.05) is 5.32 Å². The summed E-state index contributed by atoms with van der Waals surface area (Å²) < 4.78 is 1.73. The molecule has 4 rings (SSSR count). The van der Waals surface area contributed by atoms with Crippen molar-refractivity contribution in [2.45, 2.75) is 25.9 Å². The van der Waals surface area contributed by atoms with Crippen molar-refractivity contribution < 1.29 is 4.79 Å². The van der Waals surface area contributed by atoms with Crippen molar-refractivity contribution in [3.05, 3.63) is 71.8 Å². The first kappa shape index (κ1) is 19.7. The minimum Gasteiger partial charge on any atom is -0.324 e. The minimum atomic E-state index is -0.576. The monoisotopic (exact) mass is 422 g/mol. The molecular formula is C20H19ClN8O. The summed E-state index contributed by atoms with van der Waals surface area (Å²) in [6.45, 7) is 2.51. The average Bonchev–Trinajstić information content (AvgIpc) is 3.43. The number of nitrogens with zero attached hydrogens (tertiary/aromatic N) is 7. The van der Waals surface area contributed by atoms with Crippen molar-refractivity contribution in [3.63, 3.8) is 0 Å². The van der Waals surface area contributed by atoms with Crippen molar-refractivity contribution in [3.8, 4) is 11.4 Å². The number of hydrogen-bond donors (Lipinski definition) is 1. The van der Waals surface area contributed by atoms with Crippen LogP contribution in [0.25, 0.3) is 11.4 Å². The van der Waals surface area contributed by atoms with E-state index in [0.717, 1.165) is 11.1 Å². The third-order valence-corrected chi connectivity index (χ3v) is 4.78. The summed E-state index contributed by atoms with van der Waals surface area (Å²) in [5.41, 5.74) is 2.53. The zero-order chi connectivity index (χ0) is 20.9. The number of nitrogens with one attached hydrogen (secondary N) is 1. The number of aromatic nitrogens is 7. The lowest BCUT2D eigenvalue weighted by atomic mass is 10.2. The van der Waals surface area contributed by atoms with Crippen LogP contribution in [0.2, 0.25) is 5.02 Å². The Morgan fingerprint density at radius 3 is 2.57 bits per heavy atom. The molecule has 10 heteroatoms. The van der Waals surface area contributed by atoms with Crippen molar-refractivity contribution in [2.24, 2.45) is 0 Å². The molecule has 0 aliphatic carbocycles. The summed E-state index contributed by atoms with van der Waals surface area (Å²) >= 11 is 5.92. The Morgan fingerprint density at radius 1 is 1.13 bits per heavy atom. The third-order valence-electron chi connectivity index (χ3n) is 4.53. The predicted molar refractivity (Wildman–Crippen MR) is 112 cm³/mol. The van der Waals surface area contributed by atoms with E-state index >= 15 is 0 Å². The van der Waals surface area contributed by atoms with Crippen LogP contribution in [0, 0.1) is 0 Å². The highest BCUT2D eigenvalue weighted by molar-refractivity contribution is 6.30. The lowest BCUT2D eigenvalue weighted by Gasteiger charge is -2.14. The summed E-state index contributed by atoms with van der Waals surface area (Å²) in [6, 6.07) is 14.1. The quantitative estimate of drug-likeness (QED) is 0.490. The molecule has 30 heavy (non-hydrogen) atoms. The first-order valence-corrected chi connectivity index (χ1v) is 9.78. The van der Waals surface area contributed by atoms with Crippen LogP contribution in [0.15, 0.2) is 61.2 Å². The number of carbonyl (C=O) groups excluding carboxylic acids is 1. The van der Waals surface area contributed by atoms with Gasteiger partial charge in [-0.15, -0.1) is 10.2 Å². The van der Waals surface area contributed by atoms with Crippen LogP contribution in [0.4, 0.5) is 5.69 Å². The van der Waals surface area contributed by atoms with Crippen LogP contribution in [0.1, 0.15) is 24.9 Å². The lowest BCUT2D eigenvalue weighted by Crippen LogP contribution is -2.27. The van der Waals surface area contributed by atoms with Crippen LogP contribution in [0.3, 0.4) is 0 Å². The lowest BCUT2D eigenvalue weighted by molar-refractivity contribution is -0.119. The van der Waals surface area contributed by atoms with E-state index in [9.17, 15) is 4.79 Å². The molecule has 0 spiro atoms. The van der Waals surface area contributed by atoms with Gasteiger partial charge in [0.2, 0.25) is 5.82 Å². The van der Waals surface area contributed by atoms with Crippen LogP contribution >= 0.6 is 11.6 Å². The maximum absolute atomic E-state index is 12.8. The Morgan fingerprint density at radius 2 is 1.90 bits per heavy atom. The first-order chi connectivity index (χ1) is 14.6. The standard InChI is InChI=1S/C20H19ClN8O/c1-2-18(29-26-19(25-27-29)15-5-7-16(21)8-6-15)20(30)24-17-9-3-14(4-10-17)11-28-13-22-12-23-28/h3-10,12-13,18H,2,11H2,1H3,(H,24,30). The molecule has 1 unspecified atom stereocenters. The summed E-state index contributed by atoms with van der Waals surface area (Å²) in [7, 11) is 0. The minimum absolute atomic E-state index is 0.207. The highest BCUT2D eigenvalue weighted by Gasteiger charge is 2.22. The molecule has 1 atom stereocenters. The molecule has 2 aromatic heterocycles. The zero-order valence-corrected chi connectivity index (χ0v) is 16.9.